The van der Waals surface area contributed by atoms with Gasteiger partial charge in [-0.2, -0.15) is 0 Å². The van der Waals surface area contributed by atoms with Crippen molar-refractivity contribution in [1.82, 2.24) is 0 Å². The fourth-order valence-electron chi connectivity index (χ4n) is 2.72. The summed E-state index contributed by atoms with van der Waals surface area (Å²) < 4.78 is 10.7. The van der Waals surface area contributed by atoms with Crippen molar-refractivity contribution >= 4 is 64.0 Å². The Morgan fingerprint density at radius 1 is 0.844 bits per heavy atom. The minimum atomic E-state index is -1.50. The molecule has 5 nitrogen and oxygen atoms in total. The van der Waals surface area contributed by atoms with Gasteiger partial charge in [0.2, 0.25) is 0 Å². The van der Waals surface area contributed by atoms with Gasteiger partial charge in [-0.05, 0) is 35.9 Å². The molecule has 3 aromatic rings. The van der Waals surface area contributed by atoms with E-state index >= 15 is 0 Å². The van der Waals surface area contributed by atoms with E-state index in [-0.39, 0.29) is 28.8 Å². The molecule has 3 aromatic carbocycles. The lowest BCUT2D eigenvalue weighted by Crippen LogP contribution is -2.36. The second-order valence-corrected chi connectivity index (χ2v) is 8.27. The molecule has 1 unspecified atom stereocenters. The Hall–Kier alpha value is -2.44. The summed E-state index contributed by atoms with van der Waals surface area (Å²) in [6.07, 6.45) is -1.54. The molecule has 0 heterocycles. The minimum absolute atomic E-state index is 0.0390. The van der Waals surface area contributed by atoms with Crippen molar-refractivity contribution in [3.8, 4) is 0 Å². The highest BCUT2D eigenvalue weighted by Gasteiger charge is 2.27. The summed E-state index contributed by atoms with van der Waals surface area (Å²) in [5.41, 5.74) is 1.45. The Labute approximate surface area is 205 Å². The molecule has 0 aliphatic heterocycles. The van der Waals surface area contributed by atoms with Crippen LogP contribution in [0.2, 0.25) is 20.1 Å². The lowest BCUT2D eigenvalue weighted by atomic mass is 10.2. The monoisotopic (exact) mass is 511 g/mol. The predicted molar refractivity (Wildman–Crippen MR) is 126 cm³/mol. The normalized spacial score (nSPS) is 11.5. The van der Waals surface area contributed by atoms with Crippen LogP contribution in [-0.4, -0.2) is 18.2 Å². The second-order valence-electron chi connectivity index (χ2n) is 6.62. The first-order valence-electron chi connectivity index (χ1n) is 9.38. The molecule has 0 aliphatic rings. The largest absolute Gasteiger partial charge is 0.457 e. The van der Waals surface area contributed by atoms with Gasteiger partial charge in [0.05, 0.1) is 22.2 Å². The Morgan fingerprint density at radius 2 is 1.53 bits per heavy atom. The van der Waals surface area contributed by atoms with Crippen LogP contribution in [0.4, 0.5) is 5.69 Å². The van der Waals surface area contributed by atoms with Gasteiger partial charge in [0.1, 0.15) is 6.61 Å². The van der Waals surface area contributed by atoms with Crippen LogP contribution in [0.15, 0.2) is 66.7 Å². The molecule has 0 aromatic heterocycles. The molecule has 0 saturated carbocycles. The zero-order valence-electron chi connectivity index (χ0n) is 16.5. The molecule has 0 radical (unpaired) electrons. The third-order valence-corrected chi connectivity index (χ3v) is 5.50. The molecule has 0 spiro atoms. The summed E-state index contributed by atoms with van der Waals surface area (Å²) in [5, 5.41) is 4.05. The van der Waals surface area contributed by atoms with Gasteiger partial charge >= 0.3 is 11.9 Å². The minimum Gasteiger partial charge on any atom is -0.457 e. The van der Waals surface area contributed by atoms with Crippen LogP contribution in [0.1, 0.15) is 11.1 Å². The summed E-state index contributed by atoms with van der Waals surface area (Å²) in [5.74, 6) is -1.51. The number of benzene rings is 3. The van der Waals surface area contributed by atoms with E-state index in [4.69, 9.17) is 55.9 Å². The zero-order chi connectivity index (χ0) is 23.1. The van der Waals surface area contributed by atoms with Crippen molar-refractivity contribution in [2.45, 2.75) is 19.3 Å². The molecule has 0 amide bonds. The van der Waals surface area contributed by atoms with E-state index in [0.717, 1.165) is 5.56 Å². The molecule has 166 valence electrons. The molecule has 9 heteroatoms. The quantitative estimate of drug-likeness (QED) is 0.273. The number of carbonyl (C=O) groups excluding carboxylic acids is 2. The van der Waals surface area contributed by atoms with E-state index in [0.29, 0.717) is 15.6 Å². The van der Waals surface area contributed by atoms with Crippen LogP contribution in [0.3, 0.4) is 0 Å². The number of hydrogen-bond donors (Lipinski definition) is 1. The predicted octanol–water partition coefficient (Wildman–Crippen LogP) is 6.57. The summed E-state index contributed by atoms with van der Waals surface area (Å²) >= 11 is 24.5. The third-order valence-electron chi connectivity index (χ3n) is 4.27. The number of carbonyl (C=O) groups is 2. The van der Waals surface area contributed by atoms with Crippen LogP contribution in [0, 0.1) is 0 Å². The van der Waals surface area contributed by atoms with Gasteiger partial charge in [0, 0.05) is 15.6 Å². The first-order chi connectivity index (χ1) is 15.3. The zero-order valence-corrected chi connectivity index (χ0v) is 19.5. The fraction of sp³-hybridized carbons (Fsp3) is 0.130. The molecule has 1 atom stereocenters. The number of esters is 2. The van der Waals surface area contributed by atoms with E-state index in [1.165, 1.54) is 0 Å². The average molecular weight is 513 g/mol. The van der Waals surface area contributed by atoms with Crippen LogP contribution in [0.5, 0.6) is 0 Å². The maximum absolute atomic E-state index is 12.8. The number of nitrogens with one attached hydrogen (secondary N) is 1. The lowest BCUT2D eigenvalue weighted by Gasteiger charge is -2.20. The summed E-state index contributed by atoms with van der Waals surface area (Å²) in [4.78, 5) is 25.3. The van der Waals surface area contributed by atoms with E-state index in [9.17, 15) is 9.59 Å². The Bertz CT molecular complexity index is 1090. The van der Waals surface area contributed by atoms with Crippen LogP contribution < -0.4 is 5.32 Å². The molecule has 0 fully saturated rings. The number of halogens is 4. The number of para-hydroxylation sites is 1. The van der Waals surface area contributed by atoms with Crippen LogP contribution >= 0.6 is 46.4 Å². The number of hydrogen-bond acceptors (Lipinski definition) is 5. The van der Waals surface area contributed by atoms with Gasteiger partial charge in [-0.1, -0.05) is 82.8 Å². The molecular weight excluding hydrogens is 496 g/mol. The highest BCUT2D eigenvalue weighted by Crippen LogP contribution is 2.31. The Morgan fingerprint density at radius 3 is 2.22 bits per heavy atom. The molecular formula is C23H17Cl4NO4. The van der Waals surface area contributed by atoms with Crippen molar-refractivity contribution in [2.75, 3.05) is 5.32 Å². The van der Waals surface area contributed by atoms with Crippen molar-refractivity contribution in [2.24, 2.45) is 0 Å². The van der Waals surface area contributed by atoms with Crippen LogP contribution in [0.25, 0.3) is 0 Å². The molecule has 0 aliphatic carbocycles. The SMILES string of the molecule is O=C(Cc1ccccc1)OC(Nc1c(Cl)cccc1Cl)C(=O)OCc1cc(Cl)ccc1Cl. The smallest absolute Gasteiger partial charge is 0.369 e. The topological polar surface area (TPSA) is 64.6 Å². The van der Waals surface area contributed by atoms with E-state index in [2.05, 4.69) is 5.32 Å². The number of rotatable bonds is 8. The van der Waals surface area contributed by atoms with E-state index in [1.54, 1.807) is 60.7 Å². The summed E-state index contributed by atoms with van der Waals surface area (Å²) in [6, 6.07) is 18.6. The van der Waals surface area contributed by atoms with Gasteiger partial charge < -0.3 is 14.8 Å². The van der Waals surface area contributed by atoms with Crippen LogP contribution in [-0.2, 0) is 32.1 Å². The second kappa shape index (κ2) is 11.4. The van der Waals surface area contributed by atoms with Gasteiger partial charge in [-0.3, -0.25) is 4.79 Å². The van der Waals surface area contributed by atoms with Gasteiger partial charge in [-0.25, -0.2) is 4.79 Å². The number of ether oxygens (including phenoxy) is 2. The molecule has 3 rings (SSSR count). The third kappa shape index (κ3) is 6.78. The fourth-order valence-corrected chi connectivity index (χ4v) is 3.59. The molecule has 0 bridgehead atoms. The van der Waals surface area contributed by atoms with Gasteiger partial charge in [-0.15, -0.1) is 0 Å². The highest BCUT2D eigenvalue weighted by molar-refractivity contribution is 6.39. The van der Waals surface area contributed by atoms with Crippen molar-refractivity contribution < 1.29 is 19.1 Å². The standard InChI is InChI=1S/C23H17Cl4NO4/c24-16-9-10-17(25)15(12-16)13-31-23(30)22(28-21-18(26)7-4-8-19(21)27)32-20(29)11-14-5-2-1-3-6-14/h1-10,12,22,28H,11,13H2. The maximum atomic E-state index is 12.8. The lowest BCUT2D eigenvalue weighted by molar-refractivity contribution is -0.166. The van der Waals surface area contributed by atoms with Crippen molar-refractivity contribution in [3.05, 3.63) is 97.9 Å². The van der Waals surface area contributed by atoms with Gasteiger partial charge in [0.25, 0.3) is 6.23 Å². The van der Waals surface area contributed by atoms with E-state index < -0.39 is 18.2 Å². The van der Waals surface area contributed by atoms with E-state index in [1.807, 2.05) is 6.07 Å². The Kier molecular flexibility index (Phi) is 8.65. The van der Waals surface area contributed by atoms with Gasteiger partial charge in [0.15, 0.2) is 0 Å². The molecule has 1 N–H and O–H groups in total. The molecule has 0 saturated heterocycles. The molecule has 32 heavy (non-hydrogen) atoms. The summed E-state index contributed by atoms with van der Waals surface area (Å²) in [6.45, 7) is -0.178. The first kappa shape index (κ1) is 24.2. The average Bonchev–Trinajstić information content (AvgIpc) is 2.76. The Balaban J connectivity index is 1.76. The summed E-state index contributed by atoms with van der Waals surface area (Å²) in [7, 11) is 0. The first-order valence-corrected chi connectivity index (χ1v) is 10.9. The van der Waals surface area contributed by atoms with Crippen molar-refractivity contribution in [3.63, 3.8) is 0 Å². The number of anilines is 1. The maximum Gasteiger partial charge on any atom is 0.369 e. The van der Waals surface area contributed by atoms with Crippen molar-refractivity contribution in [1.29, 1.82) is 0 Å². The highest BCUT2D eigenvalue weighted by atomic mass is 35.5.